The lowest BCUT2D eigenvalue weighted by Gasteiger charge is -2.13. The van der Waals surface area contributed by atoms with Crippen LogP contribution in [0.5, 0.6) is 0 Å². The highest BCUT2D eigenvalue weighted by Gasteiger charge is 2.23. The van der Waals surface area contributed by atoms with E-state index in [-0.39, 0.29) is 0 Å². The minimum absolute atomic E-state index is 0.908. The van der Waals surface area contributed by atoms with Crippen LogP contribution >= 0.6 is 11.3 Å². The zero-order valence-electron chi connectivity index (χ0n) is 31.2. The van der Waals surface area contributed by atoms with E-state index in [2.05, 4.69) is 197 Å². The number of nitrogens with zero attached hydrogens (tertiary/aromatic N) is 2. The normalized spacial score (nSPS) is 12.1. The largest absolute Gasteiger partial charge is 0.455 e. The van der Waals surface area contributed by atoms with Crippen molar-refractivity contribution in [2.24, 2.45) is 0 Å². The van der Waals surface area contributed by atoms with Gasteiger partial charge in [-0.25, -0.2) is 0 Å². The van der Waals surface area contributed by atoms with Crippen molar-refractivity contribution in [3.63, 3.8) is 0 Å². The number of furan rings is 1. The molecule has 0 bridgehead atoms. The molecule has 0 atom stereocenters. The molecule has 13 aromatic rings. The van der Waals surface area contributed by atoms with Gasteiger partial charge in [-0.2, -0.15) is 0 Å². The Labute approximate surface area is 336 Å². The van der Waals surface area contributed by atoms with E-state index < -0.39 is 0 Å². The van der Waals surface area contributed by atoms with Crippen LogP contribution < -0.4 is 0 Å². The first-order chi connectivity index (χ1) is 28.8. The van der Waals surface area contributed by atoms with Gasteiger partial charge < -0.3 is 13.6 Å². The fourth-order valence-corrected chi connectivity index (χ4v) is 10.9. The van der Waals surface area contributed by atoms with E-state index in [0.717, 1.165) is 38.9 Å². The summed E-state index contributed by atoms with van der Waals surface area (Å²) >= 11 is 1.86. The number of hydrogen-bond donors (Lipinski definition) is 0. The summed E-state index contributed by atoms with van der Waals surface area (Å²) in [6.45, 7) is 0. The summed E-state index contributed by atoms with van der Waals surface area (Å²) in [6, 6.07) is 70.6. The van der Waals surface area contributed by atoms with Gasteiger partial charge in [0.2, 0.25) is 0 Å². The van der Waals surface area contributed by atoms with Crippen LogP contribution in [0, 0.1) is 0 Å². The summed E-state index contributed by atoms with van der Waals surface area (Å²) < 4.78 is 14.1. The van der Waals surface area contributed by atoms with Crippen molar-refractivity contribution in [1.29, 1.82) is 0 Å². The van der Waals surface area contributed by atoms with E-state index in [4.69, 9.17) is 4.42 Å². The number of aromatic nitrogens is 2. The molecule has 0 unspecified atom stereocenters. The molecule has 0 aliphatic rings. The lowest BCUT2D eigenvalue weighted by molar-refractivity contribution is 0.670. The average Bonchev–Trinajstić information content (AvgIpc) is 4.04. The van der Waals surface area contributed by atoms with Gasteiger partial charge in [0.05, 0.1) is 22.1 Å². The van der Waals surface area contributed by atoms with Crippen LogP contribution in [0.2, 0.25) is 0 Å². The smallest absolute Gasteiger partial charge is 0.143 e. The highest BCUT2D eigenvalue weighted by atomic mass is 32.1. The Morgan fingerprint density at radius 3 is 1.60 bits per heavy atom. The van der Waals surface area contributed by atoms with Crippen molar-refractivity contribution >= 4 is 97.1 Å². The lowest BCUT2D eigenvalue weighted by Crippen LogP contribution is -1.95. The van der Waals surface area contributed by atoms with E-state index in [1.165, 1.54) is 80.5 Å². The Morgan fingerprint density at radius 1 is 0.345 bits per heavy atom. The van der Waals surface area contributed by atoms with Crippen LogP contribution in [0.25, 0.3) is 119 Å². The van der Waals surface area contributed by atoms with Crippen molar-refractivity contribution in [2.45, 2.75) is 0 Å². The number of para-hydroxylation sites is 5. The Balaban J connectivity index is 1.13. The first-order valence-corrected chi connectivity index (χ1v) is 20.6. The third-order valence-corrected chi connectivity index (χ3v) is 13.3. The first-order valence-electron chi connectivity index (χ1n) is 19.8. The van der Waals surface area contributed by atoms with Crippen LogP contribution in [0.4, 0.5) is 0 Å². The van der Waals surface area contributed by atoms with Crippen LogP contribution in [0.3, 0.4) is 0 Å². The molecule has 0 radical (unpaired) electrons. The number of hydrogen-bond acceptors (Lipinski definition) is 2. The second-order valence-electron chi connectivity index (χ2n) is 15.2. The summed E-state index contributed by atoms with van der Waals surface area (Å²) in [5.74, 6) is 0. The Kier molecular flexibility index (Phi) is 6.60. The quantitative estimate of drug-likeness (QED) is 0.175. The van der Waals surface area contributed by atoms with Gasteiger partial charge in [-0.15, -0.1) is 11.3 Å². The molecule has 0 aliphatic heterocycles. The zero-order chi connectivity index (χ0) is 37.9. The highest BCUT2D eigenvalue weighted by Crippen LogP contribution is 2.48. The summed E-state index contributed by atoms with van der Waals surface area (Å²) in [7, 11) is 0. The maximum absolute atomic E-state index is 6.69. The van der Waals surface area contributed by atoms with Crippen molar-refractivity contribution in [1.82, 2.24) is 9.13 Å². The number of thiophene rings is 1. The van der Waals surface area contributed by atoms with E-state index in [0.29, 0.717) is 0 Å². The van der Waals surface area contributed by atoms with Gasteiger partial charge in [-0.05, 0) is 71.8 Å². The molecule has 9 aromatic carbocycles. The Morgan fingerprint density at radius 2 is 0.879 bits per heavy atom. The monoisotopic (exact) mass is 756 g/mol. The summed E-state index contributed by atoms with van der Waals surface area (Å²) in [5, 5.41) is 9.78. The number of fused-ring (bicyclic) bond motifs is 12. The van der Waals surface area contributed by atoms with Gasteiger partial charge in [-0.1, -0.05) is 133 Å². The fraction of sp³-hybridized carbons (Fsp3) is 0. The number of rotatable bonds is 4. The molecule has 0 saturated heterocycles. The SMILES string of the molecule is c1ccc(-n2c3ccccc3c3c(-c4cccc5c4c4ccccc4n5-c4cc(-c5cccc6c5oc5ccccc56)c5sc6ccccc6c5c4)cccc32)cc1. The van der Waals surface area contributed by atoms with E-state index in [9.17, 15) is 0 Å². The molecule has 3 nitrogen and oxygen atoms in total. The molecule has 4 heterocycles. The van der Waals surface area contributed by atoms with Crippen molar-refractivity contribution < 1.29 is 4.42 Å². The van der Waals surface area contributed by atoms with Gasteiger partial charge in [0, 0.05) is 75.0 Å². The predicted molar refractivity (Wildman–Crippen MR) is 246 cm³/mol. The second-order valence-corrected chi connectivity index (χ2v) is 16.2. The summed E-state index contributed by atoms with van der Waals surface area (Å²) in [6.07, 6.45) is 0. The molecular weight excluding hydrogens is 725 g/mol. The maximum atomic E-state index is 6.69. The third-order valence-electron chi connectivity index (χ3n) is 12.1. The molecule has 13 rings (SSSR count). The van der Waals surface area contributed by atoms with Crippen molar-refractivity contribution in [2.75, 3.05) is 0 Å². The molecule has 0 N–H and O–H groups in total. The molecule has 0 saturated carbocycles. The van der Waals surface area contributed by atoms with Crippen molar-refractivity contribution in [3.05, 3.63) is 194 Å². The summed E-state index contributed by atoms with van der Waals surface area (Å²) in [4.78, 5) is 0. The van der Waals surface area contributed by atoms with Crippen LogP contribution in [-0.4, -0.2) is 9.13 Å². The third kappa shape index (κ3) is 4.38. The molecule has 58 heavy (non-hydrogen) atoms. The molecule has 0 fully saturated rings. The van der Waals surface area contributed by atoms with Gasteiger partial charge >= 0.3 is 0 Å². The molecule has 0 spiro atoms. The van der Waals surface area contributed by atoms with E-state index in [1.807, 2.05) is 17.4 Å². The van der Waals surface area contributed by atoms with Crippen LogP contribution in [-0.2, 0) is 0 Å². The minimum Gasteiger partial charge on any atom is -0.455 e. The lowest BCUT2D eigenvalue weighted by atomic mass is 9.95. The predicted octanol–water partition coefficient (Wildman–Crippen LogP) is 15.5. The molecule has 270 valence electrons. The topological polar surface area (TPSA) is 23.0 Å². The highest BCUT2D eigenvalue weighted by molar-refractivity contribution is 7.26. The Bertz CT molecular complexity index is 3800. The second kappa shape index (κ2) is 12.1. The molecule has 0 amide bonds. The number of benzene rings is 9. The van der Waals surface area contributed by atoms with Crippen molar-refractivity contribution in [3.8, 4) is 33.6 Å². The maximum Gasteiger partial charge on any atom is 0.143 e. The minimum atomic E-state index is 0.908. The molecule has 0 aliphatic carbocycles. The van der Waals surface area contributed by atoms with Crippen LogP contribution in [0.1, 0.15) is 0 Å². The standard InChI is InChI=1S/C54H32N2OS/c1-2-15-33(16-3-1)55-45-25-8-4-19-41(45)51-37(21-13-27-47(51)55)38-22-14-28-48-52(38)42-20-5-9-26-46(42)56(48)34-31-43-36-18-7-11-30-50(36)58-54(43)44(32-34)40-24-12-23-39-35-17-6-10-29-49(35)57-53(39)40/h1-32H. The van der Waals surface area contributed by atoms with Gasteiger partial charge in [0.15, 0.2) is 0 Å². The van der Waals surface area contributed by atoms with Crippen LogP contribution in [0.15, 0.2) is 199 Å². The van der Waals surface area contributed by atoms with Gasteiger partial charge in [-0.3, -0.25) is 0 Å². The molecule has 4 aromatic heterocycles. The zero-order valence-corrected chi connectivity index (χ0v) is 32.0. The van der Waals surface area contributed by atoms with Gasteiger partial charge in [0.1, 0.15) is 11.2 Å². The molecular formula is C54H32N2OS. The first kappa shape index (κ1) is 31.8. The van der Waals surface area contributed by atoms with E-state index in [1.54, 1.807) is 0 Å². The molecule has 4 heteroatoms. The van der Waals surface area contributed by atoms with Gasteiger partial charge in [0.25, 0.3) is 0 Å². The van der Waals surface area contributed by atoms with E-state index >= 15 is 0 Å². The Hall–Kier alpha value is -7.40. The summed E-state index contributed by atoms with van der Waals surface area (Å²) in [5.41, 5.74) is 13.6. The fourth-order valence-electron chi connectivity index (χ4n) is 9.72. The average molecular weight is 757 g/mol.